The van der Waals surface area contributed by atoms with Crippen molar-refractivity contribution in [3.05, 3.63) is 72.1 Å². The predicted octanol–water partition coefficient (Wildman–Crippen LogP) is 6.54. The molecule has 3 aliphatic heterocycles. The molecule has 3 aromatic rings. The minimum absolute atomic E-state index is 0.0415. The molecule has 57 heavy (non-hydrogen) atoms. The van der Waals surface area contributed by atoms with Gasteiger partial charge in [0.1, 0.15) is 17.1 Å². The minimum atomic E-state index is -4.51. The molecule has 23 heteroatoms. The van der Waals surface area contributed by atoms with Gasteiger partial charge in [0.15, 0.2) is 0 Å². The second-order valence-corrected chi connectivity index (χ2v) is 12.7. The first-order chi connectivity index (χ1) is 26.7. The number of nitrogens with one attached hydrogen (secondary N) is 3. The molecule has 0 bridgehead atoms. The number of urea groups is 3. The Labute approximate surface area is 318 Å². The Bertz CT molecular complexity index is 1590. The Balaban J connectivity index is 0.000000189. The van der Waals surface area contributed by atoms with Crippen molar-refractivity contribution in [3.8, 4) is 0 Å². The molecule has 4 N–H and O–H groups in total. The first kappa shape index (κ1) is 44.2. The van der Waals surface area contributed by atoms with Crippen LogP contribution in [-0.4, -0.2) is 89.2 Å². The molecule has 6 rings (SSSR count). The highest BCUT2D eigenvalue weighted by atomic mass is 19.4. The summed E-state index contributed by atoms with van der Waals surface area (Å²) in [7, 11) is 0. The van der Waals surface area contributed by atoms with E-state index < -0.39 is 54.3 Å². The van der Waals surface area contributed by atoms with Gasteiger partial charge in [-0.1, -0.05) is 13.3 Å². The summed E-state index contributed by atoms with van der Waals surface area (Å²) in [5.41, 5.74) is -2.04. The summed E-state index contributed by atoms with van der Waals surface area (Å²) < 4.78 is 123. The summed E-state index contributed by atoms with van der Waals surface area (Å²) in [4.78, 5) is 48.8. The molecule has 0 aliphatic carbocycles. The van der Waals surface area contributed by atoms with Gasteiger partial charge < -0.3 is 21.1 Å². The van der Waals surface area contributed by atoms with Gasteiger partial charge in [0.05, 0.1) is 54.4 Å². The number of rotatable bonds is 9. The molecule has 0 radical (unpaired) electrons. The molecule has 13 nitrogen and oxygen atoms in total. The van der Waals surface area contributed by atoms with E-state index in [1.165, 1.54) is 32.9 Å². The first-order valence-electron chi connectivity index (χ1n) is 17.3. The number of alkyl halides is 10. The third-order valence-corrected chi connectivity index (χ3v) is 8.55. The molecular weight excluding hydrogens is 788 g/mol. The molecule has 3 saturated heterocycles. The highest BCUT2D eigenvalue weighted by Crippen LogP contribution is 2.31. The number of aliphatic hydroxyl groups is 1. The lowest BCUT2D eigenvalue weighted by Crippen LogP contribution is -2.29. The topological polar surface area (TPSA) is 156 Å². The van der Waals surface area contributed by atoms with E-state index in [9.17, 15) is 58.3 Å². The number of anilines is 3. The summed E-state index contributed by atoms with van der Waals surface area (Å²) in [5.74, 6) is 0. The van der Waals surface area contributed by atoms with Crippen molar-refractivity contribution in [3.63, 3.8) is 0 Å². The van der Waals surface area contributed by atoms with Crippen molar-refractivity contribution in [2.75, 3.05) is 47.6 Å². The van der Waals surface area contributed by atoms with Crippen molar-refractivity contribution < 1.29 is 63.4 Å². The number of amides is 6. The summed E-state index contributed by atoms with van der Waals surface area (Å²) in [6, 6.07) is 4.52. The quantitative estimate of drug-likeness (QED) is 0.179. The maximum atomic E-state index is 12.4. The Hall–Kier alpha value is -5.48. The van der Waals surface area contributed by atoms with Crippen LogP contribution in [0.15, 0.2) is 55.0 Å². The van der Waals surface area contributed by atoms with Gasteiger partial charge in [0, 0.05) is 32.3 Å². The molecule has 0 aromatic carbocycles. The van der Waals surface area contributed by atoms with E-state index in [1.54, 1.807) is 0 Å². The van der Waals surface area contributed by atoms with E-state index in [0.29, 0.717) is 30.9 Å². The molecule has 6 amide bonds. The van der Waals surface area contributed by atoms with Crippen LogP contribution in [0.4, 0.5) is 75.3 Å². The highest BCUT2D eigenvalue weighted by molar-refractivity contribution is 5.95. The highest BCUT2D eigenvalue weighted by Gasteiger charge is 2.36. The van der Waals surface area contributed by atoms with Crippen LogP contribution in [0.5, 0.6) is 0 Å². The van der Waals surface area contributed by atoms with Gasteiger partial charge in [-0.05, 0) is 55.7 Å². The number of pyridine rings is 3. The van der Waals surface area contributed by atoms with Gasteiger partial charge in [-0.25, -0.2) is 29.3 Å². The zero-order valence-electron chi connectivity index (χ0n) is 29.9. The fourth-order valence-corrected chi connectivity index (χ4v) is 5.74. The van der Waals surface area contributed by atoms with Crippen LogP contribution < -0.4 is 30.7 Å². The molecule has 3 atom stereocenters. The van der Waals surface area contributed by atoms with Crippen molar-refractivity contribution in [1.82, 2.24) is 30.9 Å². The maximum Gasteiger partial charge on any atom is 0.433 e. The second-order valence-electron chi connectivity index (χ2n) is 12.7. The van der Waals surface area contributed by atoms with Crippen molar-refractivity contribution in [2.24, 2.45) is 0 Å². The Morgan fingerprint density at radius 3 is 1.14 bits per heavy atom. The molecule has 0 spiro atoms. The van der Waals surface area contributed by atoms with Crippen LogP contribution in [0.1, 0.15) is 49.7 Å². The average molecular weight is 826 g/mol. The Morgan fingerprint density at radius 2 is 0.895 bits per heavy atom. The Kier molecular flexibility index (Phi) is 14.5. The first-order valence-corrected chi connectivity index (χ1v) is 17.3. The minimum Gasteiger partial charge on any atom is -0.396 e. The number of nitrogens with zero attached hydrogens (tertiary/aromatic N) is 6. The number of carbonyl (C=O) groups is 3. The van der Waals surface area contributed by atoms with Crippen LogP contribution in [0.3, 0.4) is 0 Å². The Morgan fingerprint density at radius 1 is 0.579 bits per heavy atom. The number of aliphatic hydroxyl groups excluding tert-OH is 1. The number of aromatic nitrogens is 3. The van der Waals surface area contributed by atoms with Crippen LogP contribution in [-0.2, 0) is 18.5 Å². The van der Waals surface area contributed by atoms with Crippen molar-refractivity contribution >= 4 is 35.2 Å². The molecule has 3 aliphatic rings. The monoisotopic (exact) mass is 825 g/mol. The zero-order valence-corrected chi connectivity index (χ0v) is 29.9. The van der Waals surface area contributed by atoms with E-state index >= 15 is 0 Å². The molecular formula is C34H37F10N9O4. The average Bonchev–Trinajstić information content (AvgIpc) is 3.83. The molecule has 3 aromatic heterocycles. The van der Waals surface area contributed by atoms with Crippen LogP contribution in [0.2, 0.25) is 0 Å². The SMILES string of the molecule is CCC[C@H]1CN(c2ccc(C(F)(F)F)nc2)C(=O)N1.O=C1N[C@@H](CCF)CN1c1ccc(C(F)(F)F)nc1.O=C1N[C@@H](CCO)CN1c1ccc(C(F)(F)F)nc1. The van der Waals surface area contributed by atoms with Crippen LogP contribution in [0, 0.1) is 0 Å². The summed E-state index contributed by atoms with van der Waals surface area (Å²) in [5, 5.41) is 16.7. The van der Waals surface area contributed by atoms with Gasteiger partial charge in [0.2, 0.25) is 0 Å². The van der Waals surface area contributed by atoms with Crippen LogP contribution in [0.25, 0.3) is 0 Å². The van der Waals surface area contributed by atoms with Gasteiger partial charge in [0.25, 0.3) is 0 Å². The van der Waals surface area contributed by atoms with Gasteiger partial charge >= 0.3 is 36.6 Å². The lowest BCUT2D eigenvalue weighted by atomic mass is 10.2. The zero-order chi connectivity index (χ0) is 42.1. The van der Waals surface area contributed by atoms with Gasteiger partial charge in [-0.3, -0.25) is 19.1 Å². The smallest absolute Gasteiger partial charge is 0.396 e. The van der Waals surface area contributed by atoms with Gasteiger partial charge in [-0.15, -0.1) is 0 Å². The summed E-state index contributed by atoms with van der Waals surface area (Å²) in [6.07, 6.45) is -8.03. The number of carbonyl (C=O) groups excluding carboxylic acids is 3. The number of halogens is 10. The fourth-order valence-electron chi connectivity index (χ4n) is 5.74. The summed E-state index contributed by atoms with van der Waals surface area (Å²) >= 11 is 0. The summed E-state index contributed by atoms with van der Waals surface area (Å²) in [6.45, 7) is 2.35. The second kappa shape index (κ2) is 18.6. The third kappa shape index (κ3) is 12.0. The fraction of sp³-hybridized carbons (Fsp3) is 0.471. The standard InChI is InChI=1S/C12H14F3N3O.C11H11F4N3O.C11H12F3N3O2/c1-2-3-8-7-18(11(19)17-8)9-4-5-10(16-6-9)12(13,14)15;12-4-3-7-6-18(10(19)17-7)8-1-2-9(16-5-8)11(13,14)15;12-11(13,14)9-2-1-8(5-15-9)17-6-7(3-4-18)16-10(17)19/h4-6,8H,2-3,7H2,1H3,(H,17,19);1-2,5,7H,3-4,6H2,(H,17,19);1-2,5,7,18H,3-4,6H2,(H,16,19)/t8-;2*7-/m000/s1. The number of hydrogen-bond donors (Lipinski definition) is 4. The van der Waals surface area contributed by atoms with E-state index in [4.69, 9.17) is 5.11 Å². The molecule has 312 valence electrons. The van der Waals surface area contributed by atoms with Gasteiger partial charge in [-0.2, -0.15) is 39.5 Å². The maximum absolute atomic E-state index is 12.4. The lowest BCUT2D eigenvalue weighted by molar-refractivity contribution is -0.141. The normalized spacial score (nSPS) is 19.7. The molecule has 0 saturated carbocycles. The van der Waals surface area contributed by atoms with Crippen LogP contribution >= 0.6 is 0 Å². The van der Waals surface area contributed by atoms with E-state index in [-0.39, 0.29) is 49.4 Å². The van der Waals surface area contributed by atoms with E-state index in [0.717, 1.165) is 49.6 Å². The molecule has 6 heterocycles. The predicted molar refractivity (Wildman–Crippen MR) is 184 cm³/mol. The lowest BCUT2D eigenvalue weighted by Gasteiger charge is -2.15. The van der Waals surface area contributed by atoms with E-state index in [2.05, 4.69) is 30.9 Å². The molecule has 0 unspecified atom stereocenters. The van der Waals surface area contributed by atoms with Crippen molar-refractivity contribution in [1.29, 1.82) is 0 Å². The van der Waals surface area contributed by atoms with Crippen molar-refractivity contribution in [2.45, 2.75) is 69.3 Å². The third-order valence-electron chi connectivity index (χ3n) is 8.55. The number of hydrogen-bond acceptors (Lipinski definition) is 7. The van der Waals surface area contributed by atoms with E-state index in [1.807, 2.05) is 6.92 Å². The molecule has 3 fully saturated rings. The largest absolute Gasteiger partial charge is 0.433 e.